The second kappa shape index (κ2) is 11.6. The fourth-order valence-corrected chi connectivity index (χ4v) is 4.17. The number of benzene rings is 2. The minimum Gasteiger partial charge on any atom is -0.335 e. The number of amides is 4. The Kier molecular flexibility index (Phi) is 8.76. The first-order valence-corrected chi connectivity index (χ1v) is 11.5. The van der Waals surface area contributed by atoms with Gasteiger partial charge in [0.15, 0.2) is 0 Å². The molecule has 1 aliphatic carbocycles. The van der Waals surface area contributed by atoms with E-state index in [1.54, 1.807) is 18.2 Å². The Bertz CT molecular complexity index is 1140. The fourth-order valence-electron chi connectivity index (χ4n) is 4.17. The van der Waals surface area contributed by atoms with Gasteiger partial charge in [0.25, 0.3) is 0 Å². The van der Waals surface area contributed by atoms with E-state index < -0.39 is 12.1 Å². The zero-order valence-corrected chi connectivity index (χ0v) is 20.0. The molecule has 4 N–H and O–H groups in total. The van der Waals surface area contributed by atoms with Crippen LogP contribution in [0.3, 0.4) is 0 Å². The summed E-state index contributed by atoms with van der Waals surface area (Å²) >= 11 is 0. The summed E-state index contributed by atoms with van der Waals surface area (Å²) in [5, 5.41) is 10.7. The number of rotatable bonds is 8. The molecule has 0 aliphatic heterocycles. The molecular weight excluding hydrogens is 436 g/mol. The van der Waals surface area contributed by atoms with Gasteiger partial charge < -0.3 is 26.1 Å². The lowest BCUT2D eigenvalue weighted by atomic mass is 9.59. The molecule has 1 fully saturated rings. The first-order chi connectivity index (χ1) is 16.6. The maximum Gasteiger partial charge on any atom is 0.319 e. The summed E-state index contributed by atoms with van der Waals surface area (Å²) in [6.07, 6.45) is 4.18. The third kappa shape index (κ3) is 6.32. The lowest BCUT2D eigenvalue weighted by Crippen LogP contribution is -2.52. The van der Waals surface area contributed by atoms with Gasteiger partial charge in [-0.15, -0.1) is 21.9 Å². The lowest BCUT2D eigenvalue weighted by Gasteiger charge is -2.34. The Balaban J connectivity index is 1.69. The molecule has 2 aromatic carbocycles. The van der Waals surface area contributed by atoms with Crippen LogP contribution < -0.4 is 43.1 Å². The SMILES string of the molecule is [B]c1c([B])c([B])c(C2CCC2)c(C[C@@H](C)NC(=O)Nc2cc(NC(=O)NCC=O)ccc2C)c1[B]. The highest BCUT2D eigenvalue weighted by molar-refractivity contribution is 6.63. The molecule has 0 heterocycles. The molecule has 0 bridgehead atoms. The van der Waals surface area contributed by atoms with Gasteiger partial charge in [-0.1, -0.05) is 18.1 Å². The van der Waals surface area contributed by atoms with Crippen LogP contribution in [0.25, 0.3) is 0 Å². The van der Waals surface area contributed by atoms with Gasteiger partial charge in [-0.3, -0.25) is 0 Å². The normalized spacial score (nSPS) is 13.9. The highest BCUT2D eigenvalue weighted by atomic mass is 16.2. The van der Waals surface area contributed by atoms with Gasteiger partial charge in [0, 0.05) is 17.4 Å². The van der Waals surface area contributed by atoms with Crippen molar-refractivity contribution in [3.8, 4) is 0 Å². The minimum absolute atomic E-state index is 0.0959. The van der Waals surface area contributed by atoms with E-state index in [2.05, 4.69) is 21.3 Å². The maximum atomic E-state index is 12.7. The quantitative estimate of drug-likeness (QED) is 0.315. The van der Waals surface area contributed by atoms with Crippen molar-refractivity contribution in [3.05, 3.63) is 34.9 Å². The van der Waals surface area contributed by atoms with Gasteiger partial charge in [-0.05, 0) is 62.3 Å². The van der Waals surface area contributed by atoms with Crippen molar-refractivity contribution in [3.63, 3.8) is 0 Å². The molecule has 8 radical (unpaired) electrons. The van der Waals surface area contributed by atoms with E-state index in [0.29, 0.717) is 40.5 Å². The highest BCUT2D eigenvalue weighted by Gasteiger charge is 2.26. The van der Waals surface area contributed by atoms with Gasteiger partial charge in [-0.25, -0.2) is 9.59 Å². The number of hydrogen-bond donors (Lipinski definition) is 4. The number of aldehydes is 1. The predicted octanol–water partition coefficient (Wildman–Crippen LogP) is -0.489. The molecule has 2 aromatic rings. The number of urea groups is 2. The Morgan fingerprint density at radius 3 is 2.34 bits per heavy atom. The summed E-state index contributed by atoms with van der Waals surface area (Å²) < 4.78 is 0. The monoisotopic (exact) mass is 462 g/mol. The molecule has 4 amide bonds. The molecule has 35 heavy (non-hydrogen) atoms. The number of carbonyl (C=O) groups is 3. The van der Waals surface area contributed by atoms with Gasteiger partial charge >= 0.3 is 12.1 Å². The summed E-state index contributed by atoms with van der Waals surface area (Å²) in [6, 6.07) is 3.88. The molecule has 0 unspecified atom stereocenters. The van der Waals surface area contributed by atoms with Crippen molar-refractivity contribution >= 4 is 83.0 Å². The van der Waals surface area contributed by atoms with Gasteiger partial charge in [-0.2, -0.15) is 0 Å². The van der Waals surface area contributed by atoms with Crippen LogP contribution in [0.1, 0.15) is 48.8 Å². The average Bonchev–Trinajstić information content (AvgIpc) is 2.77. The topological polar surface area (TPSA) is 99.3 Å². The zero-order valence-electron chi connectivity index (χ0n) is 20.0. The second-order valence-corrected chi connectivity index (χ2v) is 8.91. The Hall–Kier alpha value is -3.09. The maximum absolute atomic E-state index is 12.7. The van der Waals surface area contributed by atoms with Crippen LogP contribution in [-0.2, 0) is 11.2 Å². The fraction of sp³-hybridized carbons (Fsp3) is 0.375. The molecule has 3 rings (SSSR count). The first kappa shape index (κ1) is 26.5. The number of nitrogens with one attached hydrogen (secondary N) is 4. The molecule has 11 heteroatoms. The second-order valence-electron chi connectivity index (χ2n) is 8.91. The predicted molar refractivity (Wildman–Crippen MR) is 144 cm³/mol. The Morgan fingerprint density at radius 2 is 1.71 bits per heavy atom. The smallest absolute Gasteiger partial charge is 0.319 e. The van der Waals surface area contributed by atoms with Crippen LogP contribution in [0.2, 0.25) is 0 Å². The lowest BCUT2D eigenvalue weighted by molar-refractivity contribution is -0.107. The third-order valence-electron chi connectivity index (χ3n) is 6.30. The Morgan fingerprint density at radius 1 is 1.03 bits per heavy atom. The van der Waals surface area contributed by atoms with Crippen LogP contribution in [0, 0.1) is 6.92 Å². The number of anilines is 2. The molecule has 172 valence electrons. The highest BCUT2D eigenvalue weighted by Crippen LogP contribution is 2.36. The summed E-state index contributed by atoms with van der Waals surface area (Å²) in [7, 11) is 24.8. The van der Waals surface area contributed by atoms with E-state index in [-0.39, 0.29) is 24.0 Å². The van der Waals surface area contributed by atoms with Crippen molar-refractivity contribution < 1.29 is 14.4 Å². The molecule has 0 spiro atoms. The molecule has 1 saturated carbocycles. The zero-order chi connectivity index (χ0) is 25.7. The van der Waals surface area contributed by atoms with E-state index in [1.165, 1.54) is 0 Å². The summed E-state index contributed by atoms with van der Waals surface area (Å²) in [6.45, 7) is 3.61. The molecule has 1 aliphatic rings. The third-order valence-corrected chi connectivity index (χ3v) is 6.30. The number of carbonyl (C=O) groups excluding carboxylic acids is 3. The van der Waals surface area contributed by atoms with Crippen molar-refractivity contribution in [1.82, 2.24) is 10.6 Å². The van der Waals surface area contributed by atoms with Crippen LogP contribution in [0.15, 0.2) is 18.2 Å². The van der Waals surface area contributed by atoms with Gasteiger partial charge in [0.05, 0.1) is 6.54 Å². The van der Waals surface area contributed by atoms with E-state index in [0.717, 1.165) is 36.0 Å². The number of aryl methyl sites for hydroxylation is 1. The van der Waals surface area contributed by atoms with Crippen molar-refractivity contribution in [1.29, 1.82) is 0 Å². The van der Waals surface area contributed by atoms with Crippen LogP contribution >= 0.6 is 0 Å². The van der Waals surface area contributed by atoms with Crippen molar-refractivity contribution in [2.24, 2.45) is 0 Å². The van der Waals surface area contributed by atoms with Crippen LogP contribution in [0.5, 0.6) is 0 Å². The van der Waals surface area contributed by atoms with Crippen LogP contribution in [-0.4, -0.2) is 62.3 Å². The van der Waals surface area contributed by atoms with E-state index in [4.69, 9.17) is 31.4 Å². The van der Waals surface area contributed by atoms with Crippen molar-refractivity contribution in [2.75, 3.05) is 17.2 Å². The van der Waals surface area contributed by atoms with E-state index in [9.17, 15) is 14.4 Å². The molecule has 1 atom stereocenters. The average molecular weight is 462 g/mol. The van der Waals surface area contributed by atoms with Crippen molar-refractivity contribution in [2.45, 2.75) is 51.5 Å². The summed E-state index contributed by atoms with van der Waals surface area (Å²) in [5.74, 6) is 0.290. The summed E-state index contributed by atoms with van der Waals surface area (Å²) in [4.78, 5) is 34.9. The summed E-state index contributed by atoms with van der Waals surface area (Å²) in [5.41, 5.74) is 5.05. The molecule has 7 nitrogen and oxygen atoms in total. The van der Waals surface area contributed by atoms with Gasteiger partial charge in [0.2, 0.25) is 0 Å². The van der Waals surface area contributed by atoms with E-state index in [1.807, 2.05) is 13.8 Å². The van der Waals surface area contributed by atoms with E-state index >= 15 is 0 Å². The molecular formula is C24H26B4N4O3. The van der Waals surface area contributed by atoms with Crippen LogP contribution in [0.4, 0.5) is 21.0 Å². The standard InChI is InChI=1S/C24H26B4N4O3/c1-12-6-7-15(31-23(34)29-8-9-33)11-17(12)32-24(35)30-13(2)10-16-18(14-4-3-5-14)20(26)22(28)21(27)19(16)25/h6-7,9,11,13-14H,3-5,8,10H2,1-2H3,(H2,29,31,34)(H2,30,32,35)/t13-/m1/s1. The first-order valence-electron chi connectivity index (χ1n) is 11.5. The Labute approximate surface area is 211 Å². The minimum atomic E-state index is -0.521. The molecule has 0 saturated heterocycles. The van der Waals surface area contributed by atoms with Gasteiger partial charge in [0.1, 0.15) is 37.7 Å². The molecule has 0 aromatic heterocycles. The number of hydrogen-bond acceptors (Lipinski definition) is 3. The largest absolute Gasteiger partial charge is 0.335 e.